The fourth-order valence-corrected chi connectivity index (χ4v) is 3.54. The maximum absolute atomic E-state index is 13.8. The molecule has 5 nitrogen and oxygen atoms in total. The minimum Gasteiger partial charge on any atom is -0.338 e. The van der Waals surface area contributed by atoms with E-state index in [1.165, 1.54) is 18.2 Å². The molecule has 1 heterocycles. The molecule has 30 heavy (non-hydrogen) atoms. The Morgan fingerprint density at radius 1 is 1.03 bits per heavy atom. The highest BCUT2D eigenvalue weighted by molar-refractivity contribution is 5.94. The Hall–Kier alpha value is -2.80. The molecule has 1 saturated heterocycles. The first kappa shape index (κ1) is 21.9. The molecule has 0 atom stereocenters. The highest BCUT2D eigenvalue weighted by Gasteiger charge is 2.25. The van der Waals surface area contributed by atoms with E-state index in [-0.39, 0.29) is 30.0 Å². The minimum atomic E-state index is -0.386. The smallest absolute Gasteiger partial charge is 0.254 e. The maximum atomic E-state index is 13.8. The molecule has 0 saturated carbocycles. The SMILES string of the molecule is CCN(Cc1cccc(F)c1)C(=O)CN1CCN(C(=O)c2ccc(C)c(F)c2)CC1. The second-order valence-corrected chi connectivity index (χ2v) is 7.57. The summed E-state index contributed by atoms with van der Waals surface area (Å²) in [5, 5.41) is 0. The van der Waals surface area contributed by atoms with Crippen molar-refractivity contribution in [1.82, 2.24) is 14.7 Å². The van der Waals surface area contributed by atoms with Gasteiger partial charge in [0.2, 0.25) is 5.91 Å². The Morgan fingerprint density at radius 2 is 1.77 bits per heavy atom. The van der Waals surface area contributed by atoms with Crippen LogP contribution in [-0.2, 0) is 11.3 Å². The van der Waals surface area contributed by atoms with Gasteiger partial charge in [-0.1, -0.05) is 18.2 Å². The summed E-state index contributed by atoms with van der Waals surface area (Å²) in [5.74, 6) is -0.920. The summed E-state index contributed by atoms with van der Waals surface area (Å²) in [6, 6.07) is 10.8. The van der Waals surface area contributed by atoms with E-state index >= 15 is 0 Å². The first-order valence-corrected chi connectivity index (χ1v) is 10.2. The molecule has 2 aromatic carbocycles. The van der Waals surface area contributed by atoms with Gasteiger partial charge in [0.25, 0.3) is 5.91 Å². The summed E-state index contributed by atoms with van der Waals surface area (Å²) < 4.78 is 27.2. The van der Waals surface area contributed by atoms with Crippen molar-refractivity contribution in [3.05, 3.63) is 70.8 Å². The van der Waals surface area contributed by atoms with E-state index in [0.717, 1.165) is 5.56 Å². The molecular formula is C23H27F2N3O2. The van der Waals surface area contributed by atoms with Gasteiger partial charge >= 0.3 is 0 Å². The van der Waals surface area contributed by atoms with Gasteiger partial charge < -0.3 is 9.80 Å². The lowest BCUT2D eigenvalue weighted by Gasteiger charge is -2.35. The number of hydrogen-bond donors (Lipinski definition) is 0. The van der Waals surface area contributed by atoms with E-state index in [4.69, 9.17) is 0 Å². The largest absolute Gasteiger partial charge is 0.338 e. The van der Waals surface area contributed by atoms with Crippen LogP contribution in [0.3, 0.4) is 0 Å². The third-order valence-corrected chi connectivity index (χ3v) is 5.43. The van der Waals surface area contributed by atoms with Gasteiger partial charge in [-0.05, 0) is 49.2 Å². The quantitative estimate of drug-likeness (QED) is 0.728. The molecule has 3 rings (SSSR count). The van der Waals surface area contributed by atoms with Gasteiger partial charge in [-0.3, -0.25) is 14.5 Å². The Morgan fingerprint density at radius 3 is 2.40 bits per heavy atom. The number of amides is 2. The summed E-state index contributed by atoms with van der Waals surface area (Å²) >= 11 is 0. The normalized spacial score (nSPS) is 14.6. The van der Waals surface area contributed by atoms with Gasteiger partial charge in [0.05, 0.1) is 6.54 Å². The molecular weight excluding hydrogens is 388 g/mol. The molecule has 0 N–H and O–H groups in total. The van der Waals surface area contributed by atoms with Crippen LogP contribution < -0.4 is 0 Å². The summed E-state index contributed by atoms with van der Waals surface area (Å²) in [5.41, 5.74) is 1.61. The zero-order valence-electron chi connectivity index (χ0n) is 17.4. The van der Waals surface area contributed by atoms with Crippen LogP contribution in [0.25, 0.3) is 0 Å². The predicted molar refractivity (Wildman–Crippen MR) is 111 cm³/mol. The number of benzene rings is 2. The van der Waals surface area contributed by atoms with Crippen LogP contribution >= 0.6 is 0 Å². The first-order chi connectivity index (χ1) is 14.4. The molecule has 1 aliphatic rings. The number of aryl methyl sites for hydroxylation is 1. The molecule has 1 fully saturated rings. The van der Waals surface area contributed by atoms with Gasteiger partial charge in [-0.2, -0.15) is 0 Å². The van der Waals surface area contributed by atoms with Gasteiger partial charge in [0, 0.05) is 44.8 Å². The van der Waals surface area contributed by atoms with Crippen LogP contribution in [0.2, 0.25) is 0 Å². The zero-order chi connectivity index (χ0) is 21.7. The van der Waals surface area contributed by atoms with E-state index < -0.39 is 0 Å². The molecule has 0 aliphatic carbocycles. The monoisotopic (exact) mass is 415 g/mol. The Kier molecular flexibility index (Phi) is 7.15. The molecule has 2 aromatic rings. The second kappa shape index (κ2) is 9.80. The molecule has 0 unspecified atom stereocenters. The molecule has 2 amide bonds. The average Bonchev–Trinajstić information content (AvgIpc) is 2.74. The third-order valence-electron chi connectivity index (χ3n) is 5.43. The number of nitrogens with zero attached hydrogens (tertiary/aromatic N) is 3. The predicted octanol–water partition coefficient (Wildman–Crippen LogP) is 3.08. The lowest BCUT2D eigenvalue weighted by atomic mass is 10.1. The molecule has 0 spiro atoms. The molecule has 0 bridgehead atoms. The Labute approximate surface area is 175 Å². The average molecular weight is 415 g/mol. The summed E-state index contributed by atoms with van der Waals surface area (Å²) in [6.07, 6.45) is 0. The number of likely N-dealkylation sites (N-methyl/N-ethyl adjacent to an activating group) is 1. The van der Waals surface area contributed by atoms with E-state index in [2.05, 4.69) is 0 Å². The van der Waals surface area contributed by atoms with Crippen molar-refractivity contribution >= 4 is 11.8 Å². The van der Waals surface area contributed by atoms with Gasteiger partial charge in [-0.15, -0.1) is 0 Å². The number of halogens is 2. The van der Waals surface area contributed by atoms with Crippen LogP contribution in [0.4, 0.5) is 8.78 Å². The standard InChI is InChI=1S/C23H27F2N3O2/c1-3-27(15-18-5-4-6-20(24)13-18)22(29)16-26-9-11-28(12-10-26)23(30)19-8-7-17(2)21(25)14-19/h4-8,13-14H,3,9-12,15-16H2,1-2H3. The number of hydrogen-bond acceptors (Lipinski definition) is 3. The lowest BCUT2D eigenvalue weighted by Crippen LogP contribution is -2.51. The van der Waals surface area contributed by atoms with Gasteiger partial charge in [0.15, 0.2) is 0 Å². The van der Waals surface area contributed by atoms with E-state index in [0.29, 0.717) is 50.4 Å². The number of rotatable bonds is 6. The molecule has 0 aromatic heterocycles. The fraction of sp³-hybridized carbons (Fsp3) is 0.391. The third kappa shape index (κ3) is 5.42. The van der Waals surface area contributed by atoms with Crippen LogP contribution in [0.5, 0.6) is 0 Å². The van der Waals surface area contributed by atoms with Crippen molar-refractivity contribution in [3.8, 4) is 0 Å². The highest BCUT2D eigenvalue weighted by Crippen LogP contribution is 2.14. The van der Waals surface area contributed by atoms with Crippen molar-refractivity contribution < 1.29 is 18.4 Å². The summed E-state index contributed by atoms with van der Waals surface area (Å²) in [6.45, 7) is 6.82. The Bertz CT molecular complexity index is 911. The summed E-state index contributed by atoms with van der Waals surface area (Å²) in [4.78, 5) is 30.7. The van der Waals surface area contributed by atoms with Crippen molar-refractivity contribution in [1.29, 1.82) is 0 Å². The van der Waals surface area contributed by atoms with Gasteiger partial charge in [0.1, 0.15) is 11.6 Å². The minimum absolute atomic E-state index is 0.0258. The van der Waals surface area contributed by atoms with Crippen molar-refractivity contribution in [3.63, 3.8) is 0 Å². The molecule has 7 heteroatoms. The number of carbonyl (C=O) groups is 2. The van der Waals surface area contributed by atoms with Crippen LogP contribution in [0.15, 0.2) is 42.5 Å². The van der Waals surface area contributed by atoms with Crippen LogP contribution in [0.1, 0.15) is 28.4 Å². The van der Waals surface area contributed by atoms with Crippen molar-refractivity contribution in [2.24, 2.45) is 0 Å². The first-order valence-electron chi connectivity index (χ1n) is 10.2. The van der Waals surface area contributed by atoms with E-state index in [1.807, 2.05) is 11.8 Å². The van der Waals surface area contributed by atoms with E-state index in [1.54, 1.807) is 41.0 Å². The van der Waals surface area contributed by atoms with Crippen molar-refractivity contribution in [2.75, 3.05) is 39.3 Å². The lowest BCUT2D eigenvalue weighted by molar-refractivity contribution is -0.133. The van der Waals surface area contributed by atoms with E-state index in [9.17, 15) is 18.4 Å². The van der Waals surface area contributed by atoms with Gasteiger partial charge in [-0.25, -0.2) is 8.78 Å². The highest BCUT2D eigenvalue weighted by atomic mass is 19.1. The maximum Gasteiger partial charge on any atom is 0.254 e. The van der Waals surface area contributed by atoms with Crippen LogP contribution in [-0.4, -0.2) is 65.8 Å². The molecule has 160 valence electrons. The summed E-state index contributed by atoms with van der Waals surface area (Å²) in [7, 11) is 0. The number of carbonyl (C=O) groups excluding carboxylic acids is 2. The molecule has 1 aliphatic heterocycles. The fourth-order valence-electron chi connectivity index (χ4n) is 3.54. The topological polar surface area (TPSA) is 43.9 Å². The van der Waals surface area contributed by atoms with Crippen LogP contribution in [0, 0.1) is 18.6 Å². The second-order valence-electron chi connectivity index (χ2n) is 7.57. The number of piperazine rings is 1. The zero-order valence-corrected chi connectivity index (χ0v) is 17.4. The molecule has 0 radical (unpaired) electrons. The van der Waals surface area contributed by atoms with Crippen molar-refractivity contribution in [2.45, 2.75) is 20.4 Å². The Balaban J connectivity index is 1.52.